The molecule has 222 valence electrons. The Balaban J connectivity index is 2.63. The molecule has 2 rings (SSSR count). The predicted molar refractivity (Wildman–Crippen MR) is 165 cm³/mol. The van der Waals surface area contributed by atoms with Crippen LogP contribution in [0.5, 0.6) is 0 Å². The van der Waals surface area contributed by atoms with Crippen LogP contribution in [0.25, 0.3) is 0 Å². The zero-order chi connectivity index (χ0) is 30.6. The molecule has 3 unspecified atom stereocenters. The molecule has 0 saturated heterocycles. The number of carbonyl (C=O) groups excluding carboxylic acids is 3. The van der Waals surface area contributed by atoms with E-state index >= 15 is 0 Å². The molecule has 0 aliphatic carbocycles. The zero-order valence-electron chi connectivity index (χ0n) is 25.8. The zero-order valence-corrected chi connectivity index (χ0v) is 25.8. The highest BCUT2D eigenvalue weighted by molar-refractivity contribution is 5.99. The molecule has 0 heterocycles. The summed E-state index contributed by atoms with van der Waals surface area (Å²) in [6.07, 6.45) is 9.47. The molecule has 0 aliphatic heterocycles. The lowest BCUT2D eigenvalue weighted by Crippen LogP contribution is -2.55. The van der Waals surface area contributed by atoms with Crippen LogP contribution in [0.1, 0.15) is 96.4 Å². The molecule has 0 bridgehead atoms. The predicted octanol–water partition coefficient (Wildman–Crippen LogP) is 7.00. The second-order valence-electron chi connectivity index (χ2n) is 11.5. The van der Waals surface area contributed by atoms with Crippen LogP contribution in [0.3, 0.4) is 0 Å². The van der Waals surface area contributed by atoms with Crippen LogP contribution in [0.2, 0.25) is 0 Å². The summed E-state index contributed by atoms with van der Waals surface area (Å²) in [5.74, 6) is 1.76. The second-order valence-corrected chi connectivity index (χ2v) is 11.5. The van der Waals surface area contributed by atoms with E-state index < -0.39 is 23.8 Å². The Morgan fingerprint density at radius 3 is 2.27 bits per heavy atom. The molecule has 7 nitrogen and oxygen atoms in total. The normalized spacial score (nSPS) is 13.3. The molecule has 2 aromatic rings. The van der Waals surface area contributed by atoms with Crippen molar-refractivity contribution < 1.29 is 19.1 Å². The molecule has 3 atom stereocenters. The van der Waals surface area contributed by atoms with Gasteiger partial charge < -0.3 is 20.3 Å². The summed E-state index contributed by atoms with van der Waals surface area (Å²) in [5.41, 5.74) is 1.92. The number of amides is 3. The summed E-state index contributed by atoms with van der Waals surface area (Å²) in [4.78, 5) is 43.1. The number of aryl methyl sites for hydroxylation is 1. The van der Waals surface area contributed by atoms with Crippen molar-refractivity contribution in [1.29, 1.82) is 0 Å². The van der Waals surface area contributed by atoms with Crippen molar-refractivity contribution in [2.45, 2.75) is 98.3 Å². The molecule has 0 spiro atoms. The van der Waals surface area contributed by atoms with Crippen molar-refractivity contribution in [2.75, 3.05) is 11.9 Å². The maximum atomic E-state index is 14.5. The first kappa shape index (κ1) is 33.4. The van der Waals surface area contributed by atoms with Crippen LogP contribution in [-0.4, -0.2) is 41.0 Å². The number of benzene rings is 2. The molecule has 2 N–H and O–H groups in total. The van der Waals surface area contributed by atoms with E-state index in [1.54, 1.807) is 37.8 Å². The number of carbonyl (C=O) groups is 3. The van der Waals surface area contributed by atoms with Gasteiger partial charge in [-0.25, -0.2) is 4.79 Å². The first-order valence-electron chi connectivity index (χ1n) is 14.6. The average molecular weight is 562 g/mol. The maximum Gasteiger partial charge on any atom is 0.408 e. The Morgan fingerprint density at radius 2 is 1.66 bits per heavy atom. The van der Waals surface area contributed by atoms with Gasteiger partial charge in [0.15, 0.2) is 0 Å². The quantitative estimate of drug-likeness (QED) is 0.204. The Bertz CT molecular complexity index is 1210. The van der Waals surface area contributed by atoms with Crippen LogP contribution in [0, 0.1) is 25.2 Å². The topological polar surface area (TPSA) is 87.7 Å². The molecule has 0 radical (unpaired) electrons. The molecule has 2 aromatic carbocycles. The lowest BCUT2D eigenvalue weighted by Gasteiger charge is -2.36. The number of rotatable bonds is 13. The minimum Gasteiger partial charge on any atom is -0.444 e. The molecule has 41 heavy (non-hydrogen) atoms. The van der Waals surface area contributed by atoms with E-state index in [0.29, 0.717) is 36.2 Å². The van der Waals surface area contributed by atoms with E-state index in [0.717, 1.165) is 24.8 Å². The number of hydrogen-bond acceptors (Lipinski definition) is 4. The highest BCUT2D eigenvalue weighted by Gasteiger charge is 2.38. The molecule has 0 aliphatic rings. The Labute approximate surface area is 246 Å². The SMILES string of the molecule is C#Cc1ccccc1C(C(=O)Nc1ccccc1C)N(CCCCCC)C(=O)C(NC(=O)OC(C)(C)C)C(C)CC. The van der Waals surface area contributed by atoms with Crippen molar-refractivity contribution in [3.8, 4) is 12.3 Å². The Hall–Kier alpha value is -3.79. The Morgan fingerprint density at radius 1 is 1.00 bits per heavy atom. The van der Waals surface area contributed by atoms with E-state index in [4.69, 9.17) is 11.2 Å². The number of nitrogens with zero attached hydrogens (tertiary/aromatic N) is 1. The minimum absolute atomic E-state index is 0.212. The monoisotopic (exact) mass is 561 g/mol. The van der Waals surface area contributed by atoms with Crippen LogP contribution in [0.15, 0.2) is 48.5 Å². The number of nitrogens with one attached hydrogen (secondary N) is 2. The van der Waals surface area contributed by atoms with Crippen molar-refractivity contribution >= 4 is 23.6 Å². The summed E-state index contributed by atoms with van der Waals surface area (Å²) < 4.78 is 5.50. The number of alkyl carbamates (subject to hydrolysis) is 1. The number of para-hydroxylation sites is 1. The van der Waals surface area contributed by atoms with Gasteiger partial charge in [-0.15, -0.1) is 6.42 Å². The molecular weight excluding hydrogens is 514 g/mol. The molecule has 0 fully saturated rings. The summed E-state index contributed by atoms with van der Waals surface area (Å²) >= 11 is 0. The fourth-order valence-electron chi connectivity index (χ4n) is 4.60. The van der Waals surface area contributed by atoms with Gasteiger partial charge in [-0.2, -0.15) is 0 Å². The average Bonchev–Trinajstić information content (AvgIpc) is 2.93. The van der Waals surface area contributed by atoms with Crippen LogP contribution in [-0.2, 0) is 14.3 Å². The number of anilines is 1. The van der Waals surface area contributed by atoms with Crippen molar-refractivity contribution in [3.05, 3.63) is 65.2 Å². The van der Waals surface area contributed by atoms with E-state index in [1.807, 2.05) is 57.2 Å². The van der Waals surface area contributed by atoms with Crippen molar-refractivity contribution in [1.82, 2.24) is 10.2 Å². The van der Waals surface area contributed by atoms with E-state index in [9.17, 15) is 14.4 Å². The summed E-state index contributed by atoms with van der Waals surface area (Å²) in [5, 5.41) is 5.85. The fourth-order valence-corrected chi connectivity index (χ4v) is 4.60. The number of terminal acetylenes is 1. The molecule has 0 aromatic heterocycles. The first-order chi connectivity index (χ1) is 19.4. The van der Waals surface area contributed by atoms with E-state index in [-0.39, 0.29) is 17.7 Å². The van der Waals surface area contributed by atoms with Gasteiger partial charge >= 0.3 is 6.09 Å². The number of unbranched alkanes of at least 4 members (excludes halogenated alkanes) is 3. The van der Waals surface area contributed by atoms with Crippen LogP contribution in [0.4, 0.5) is 10.5 Å². The van der Waals surface area contributed by atoms with Gasteiger partial charge in [0, 0.05) is 17.8 Å². The van der Waals surface area contributed by atoms with Gasteiger partial charge in [0.05, 0.1) is 0 Å². The van der Waals surface area contributed by atoms with E-state index in [2.05, 4.69) is 23.5 Å². The highest BCUT2D eigenvalue weighted by Crippen LogP contribution is 2.29. The fraction of sp³-hybridized carbons (Fsp3) is 0.500. The Kier molecular flexibility index (Phi) is 12.9. The first-order valence-corrected chi connectivity index (χ1v) is 14.6. The summed E-state index contributed by atoms with van der Waals surface area (Å²) in [7, 11) is 0. The smallest absolute Gasteiger partial charge is 0.408 e. The molecule has 0 saturated carbocycles. The lowest BCUT2D eigenvalue weighted by atomic mass is 9.93. The largest absolute Gasteiger partial charge is 0.444 e. The third-order valence-corrected chi connectivity index (χ3v) is 7.06. The molecule has 3 amide bonds. The van der Waals surface area contributed by atoms with Gasteiger partial charge in [-0.1, -0.05) is 88.8 Å². The highest BCUT2D eigenvalue weighted by atomic mass is 16.6. The van der Waals surface area contributed by atoms with Gasteiger partial charge in [0.2, 0.25) is 5.91 Å². The van der Waals surface area contributed by atoms with Crippen molar-refractivity contribution in [2.24, 2.45) is 5.92 Å². The van der Waals surface area contributed by atoms with Crippen LogP contribution >= 0.6 is 0 Å². The minimum atomic E-state index is -1.01. The summed E-state index contributed by atoms with van der Waals surface area (Å²) in [6, 6.07) is 12.8. The third kappa shape index (κ3) is 9.97. The molecular formula is C34H47N3O4. The standard InChI is InChI=1S/C34H47N3O4/c1-9-12-13-18-23-37(32(39)29(24(4)10-2)36-33(40)41-34(6,7)8)30(27-21-16-15-20-26(27)11-3)31(38)35-28-22-17-14-19-25(28)5/h3,14-17,19-22,24,29-30H,9-10,12-13,18,23H2,1-2,4-8H3,(H,35,38)(H,36,40). The van der Waals surface area contributed by atoms with Gasteiger partial charge in [0.25, 0.3) is 5.91 Å². The number of hydrogen-bond donors (Lipinski definition) is 2. The van der Waals surface area contributed by atoms with E-state index in [1.165, 1.54) is 0 Å². The van der Waals surface area contributed by atoms with Crippen molar-refractivity contribution in [3.63, 3.8) is 0 Å². The van der Waals surface area contributed by atoms with Crippen LogP contribution < -0.4 is 10.6 Å². The van der Waals surface area contributed by atoms with Gasteiger partial charge in [-0.05, 0) is 63.3 Å². The third-order valence-electron chi connectivity index (χ3n) is 7.06. The second kappa shape index (κ2) is 15.9. The summed E-state index contributed by atoms with van der Waals surface area (Å²) in [6.45, 7) is 13.6. The maximum absolute atomic E-state index is 14.5. The van der Waals surface area contributed by atoms with Gasteiger partial charge in [0.1, 0.15) is 17.7 Å². The molecule has 7 heteroatoms. The lowest BCUT2D eigenvalue weighted by molar-refractivity contribution is -0.142. The number of ether oxygens (including phenoxy) is 1. The van der Waals surface area contributed by atoms with Gasteiger partial charge in [-0.3, -0.25) is 9.59 Å².